The van der Waals surface area contributed by atoms with Gasteiger partial charge in [-0.1, -0.05) is 217 Å². The van der Waals surface area contributed by atoms with E-state index in [1.54, 1.807) is 0 Å². The van der Waals surface area contributed by atoms with Gasteiger partial charge in [-0.2, -0.15) is 0 Å². The van der Waals surface area contributed by atoms with Crippen molar-refractivity contribution in [1.29, 1.82) is 0 Å². The second-order valence-corrected chi connectivity index (χ2v) is 24.8. The lowest BCUT2D eigenvalue weighted by atomic mass is 9.33. The van der Waals surface area contributed by atoms with Gasteiger partial charge in [0.2, 0.25) is 0 Å². The van der Waals surface area contributed by atoms with Crippen LogP contribution in [0.1, 0.15) is 105 Å². The lowest BCUT2D eigenvalue weighted by Gasteiger charge is -2.46. The predicted molar refractivity (Wildman–Crippen MR) is 321 cm³/mol. The van der Waals surface area contributed by atoms with Gasteiger partial charge >= 0.3 is 0 Å². The molecule has 0 unspecified atom stereocenters. The average Bonchev–Trinajstić information content (AvgIpc) is 3.38. The van der Waals surface area contributed by atoms with E-state index in [2.05, 4.69) is 304 Å². The van der Waals surface area contributed by atoms with E-state index in [4.69, 9.17) is 0 Å². The normalized spacial score (nSPS) is 13.3. The largest absolute Gasteiger partial charge is 0.311 e. The van der Waals surface area contributed by atoms with Crippen LogP contribution < -0.4 is 31.1 Å². The van der Waals surface area contributed by atoms with Gasteiger partial charge in [0.25, 0.3) is 6.71 Å². The van der Waals surface area contributed by atoms with E-state index in [0.29, 0.717) is 0 Å². The Hall–Kier alpha value is -7.56. The van der Waals surface area contributed by atoms with E-state index in [-0.39, 0.29) is 28.4 Å². The van der Waals surface area contributed by atoms with Crippen LogP contribution in [0.15, 0.2) is 206 Å². The molecule has 368 valence electrons. The second kappa shape index (κ2) is 18.1. The van der Waals surface area contributed by atoms with Crippen molar-refractivity contribution in [3.63, 3.8) is 0 Å². The Morgan fingerprint density at radius 1 is 0.297 bits per heavy atom. The van der Waals surface area contributed by atoms with E-state index in [9.17, 15) is 0 Å². The SMILES string of the molecule is CC(C)(C)c1cccc(N2c3cc(C(C)(C)C)ccc3B3c4ccc(C(C)(C)C)cc4N(c4cccc(C(C)(C)C)c4)c4cc(N(c5cccc(-c6ccccc6)c5)c5cccc(-c6ccccc6)c5)cc2c43)c1. The second-order valence-electron chi connectivity index (χ2n) is 24.8. The summed E-state index contributed by atoms with van der Waals surface area (Å²) in [5.41, 5.74) is 23.9. The fourth-order valence-corrected chi connectivity index (χ4v) is 11.2. The van der Waals surface area contributed by atoms with Crippen LogP contribution in [0, 0.1) is 0 Å². The number of hydrogen-bond donors (Lipinski definition) is 0. The maximum absolute atomic E-state index is 2.61. The van der Waals surface area contributed by atoms with Crippen LogP contribution in [0.2, 0.25) is 0 Å². The van der Waals surface area contributed by atoms with Crippen molar-refractivity contribution in [3.8, 4) is 22.3 Å². The molecule has 2 aliphatic heterocycles. The summed E-state index contributed by atoms with van der Waals surface area (Å²) >= 11 is 0. The molecule has 0 aliphatic carbocycles. The zero-order valence-electron chi connectivity index (χ0n) is 45.5. The third-order valence-corrected chi connectivity index (χ3v) is 15.4. The van der Waals surface area contributed by atoms with Crippen molar-refractivity contribution in [2.75, 3.05) is 14.7 Å². The van der Waals surface area contributed by atoms with Crippen molar-refractivity contribution in [2.45, 2.75) is 105 Å². The van der Waals surface area contributed by atoms with Gasteiger partial charge in [-0.25, -0.2) is 0 Å². The van der Waals surface area contributed by atoms with Gasteiger partial charge in [0.05, 0.1) is 5.69 Å². The summed E-state index contributed by atoms with van der Waals surface area (Å²) in [6.45, 7) is 27.9. The number of hydrogen-bond acceptors (Lipinski definition) is 3. The summed E-state index contributed by atoms with van der Waals surface area (Å²) in [5.74, 6) is 0. The predicted octanol–water partition coefficient (Wildman–Crippen LogP) is 17.8. The minimum Gasteiger partial charge on any atom is -0.311 e. The first-order valence-corrected chi connectivity index (χ1v) is 26.6. The molecule has 0 atom stereocenters. The molecule has 9 aromatic rings. The summed E-state index contributed by atoms with van der Waals surface area (Å²) in [6.07, 6.45) is 0. The van der Waals surface area contributed by atoms with Crippen molar-refractivity contribution in [2.24, 2.45) is 0 Å². The highest BCUT2D eigenvalue weighted by molar-refractivity contribution is 7.00. The van der Waals surface area contributed by atoms with Gasteiger partial charge in [0.1, 0.15) is 0 Å². The molecule has 0 saturated heterocycles. The lowest BCUT2D eigenvalue weighted by Crippen LogP contribution is -2.61. The molecule has 3 nitrogen and oxygen atoms in total. The molecule has 11 rings (SSSR count). The van der Waals surface area contributed by atoms with E-state index < -0.39 is 0 Å². The third-order valence-electron chi connectivity index (χ3n) is 15.4. The van der Waals surface area contributed by atoms with Gasteiger partial charge < -0.3 is 14.7 Å². The van der Waals surface area contributed by atoms with Crippen LogP contribution in [0.25, 0.3) is 22.3 Å². The molecule has 0 fully saturated rings. The Morgan fingerprint density at radius 2 is 0.662 bits per heavy atom. The van der Waals surface area contributed by atoms with Gasteiger partial charge in [-0.15, -0.1) is 0 Å². The summed E-state index contributed by atoms with van der Waals surface area (Å²) in [6, 6.07) is 78.1. The molecule has 0 radical (unpaired) electrons. The van der Waals surface area contributed by atoms with Crippen LogP contribution in [0.3, 0.4) is 0 Å². The van der Waals surface area contributed by atoms with Crippen molar-refractivity contribution in [3.05, 3.63) is 229 Å². The standard InChI is InChI=1S/C70H70BN3/c1-67(2,3)51-29-21-33-57(41-51)73-62-43-53(69(7,8)9)35-37-60(62)71-61-38-36-54(70(10,11)12)44-63(61)74(58-34-22-30-52(42-58)68(4,5)6)65-46-59(45-64(73)66(65)71)72(55-31-19-27-49(39-55)47-23-15-13-16-24-47)56-32-20-28-50(40-56)48-25-17-14-18-26-48/h13-46H,1-12H3. The Morgan fingerprint density at radius 3 is 1.05 bits per heavy atom. The summed E-state index contributed by atoms with van der Waals surface area (Å²) < 4.78 is 0. The van der Waals surface area contributed by atoms with Gasteiger partial charge in [0.15, 0.2) is 0 Å². The third kappa shape index (κ3) is 8.93. The number of nitrogens with zero attached hydrogens (tertiary/aromatic N) is 3. The number of fused-ring (bicyclic) bond motifs is 4. The van der Waals surface area contributed by atoms with Crippen LogP contribution >= 0.6 is 0 Å². The van der Waals surface area contributed by atoms with Crippen molar-refractivity contribution >= 4 is 74.3 Å². The number of rotatable bonds is 7. The Labute approximate surface area is 442 Å². The van der Waals surface area contributed by atoms with Crippen LogP contribution in [-0.4, -0.2) is 6.71 Å². The first-order valence-electron chi connectivity index (χ1n) is 26.6. The first kappa shape index (κ1) is 48.7. The minimum atomic E-state index is -0.0768. The molecule has 0 amide bonds. The highest BCUT2D eigenvalue weighted by Gasteiger charge is 2.45. The Balaban J connectivity index is 1.29. The van der Waals surface area contributed by atoms with Crippen LogP contribution in [-0.2, 0) is 21.7 Å². The van der Waals surface area contributed by atoms with Crippen LogP contribution in [0.4, 0.5) is 51.2 Å². The molecule has 0 N–H and O–H groups in total. The fourth-order valence-electron chi connectivity index (χ4n) is 11.2. The molecule has 2 aliphatic rings. The average molecular weight is 964 g/mol. The molecule has 0 aromatic heterocycles. The molecular weight excluding hydrogens is 894 g/mol. The molecule has 74 heavy (non-hydrogen) atoms. The Kier molecular flexibility index (Phi) is 11.9. The molecule has 4 heteroatoms. The highest BCUT2D eigenvalue weighted by Crippen LogP contribution is 2.50. The Bertz CT molecular complexity index is 3330. The molecule has 0 saturated carbocycles. The van der Waals surface area contributed by atoms with E-state index in [1.165, 1.54) is 83.6 Å². The van der Waals surface area contributed by atoms with E-state index >= 15 is 0 Å². The first-order chi connectivity index (χ1) is 35.2. The van der Waals surface area contributed by atoms with Crippen molar-refractivity contribution in [1.82, 2.24) is 0 Å². The van der Waals surface area contributed by atoms with Gasteiger partial charge in [0, 0.05) is 45.5 Å². The molecular formula is C70H70BN3. The van der Waals surface area contributed by atoms with Crippen LogP contribution in [0.5, 0.6) is 0 Å². The lowest BCUT2D eigenvalue weighted by molar-refractivity contribution is 0.589. The van der Waals surface area contributed by atoms with Gasteiger partial charge in [-0.05, 0) is 155 Å². The van der Waals surface area contributed by atoms with Crippen molar-refractivity contribution < 1.29 is 0 Å². The summed E-state index contributed by atoms with van der Waals surface area (Å²) in [4.78, 5) is 7.71. The smallest absolute Gasteiger partial charge is 0.252 e. The van der Waals surface area contributed by atoms with E-state index in [1.807, 2.05) is 0 Å². The maximum atomic E-state index is 2.61. The zero-order valence-corrected chi connectivity index (χ0v) is 45.5. The summed E-state index contributed by atoms with van der Waals surface area (Å²) in [5, 5.41) is 0. The summed E-state index contributed by atoms with van der Waals surface area (Å²) in [7, 11) is 0. The van der Waals surface area contributed by atoms with Gasteiger partial charge in [-0.3, -0.25) is 0 Å². The highest BCUT2D eigenvalue weighted by atomic mass is 15.2. The molecule has 0 bridgehead atoms. The molecule has 0 spiro atoms. The maximum Gasteiger partial charge on any atom is 0.252 e. The fraction of sp³-hybridized carbons (Fsp3) is 0.229. The quantitative estimate of drug-likeness (QED) is 0.147. The topological polar surface area (TPSA) is 9.72 Å². The van der Waals surface area contributed by atoms with E-state index in [0.717, 1.165) is 28.4 Å². The minimum absolute atomic E-state index is 0.0394. The monoisotopic (exact) mass is 964 g/mol. The number of anilines is 9. The zero-order chi connectivity index (χ0) is 51.9. The molecule has 2 heterocycles. The number of benzene rings is 9. The molecule has 9 aromatic carbocycles.